The number of nitrogens with two attached hydrogens (primary N) is 1. The molecule has 0 radical (unpaired) electrons. The molecule has 5 heteroatoms. The molecule has 0 aromatic carbocycles. The topological polar surface area (TPSA) is 46.3 Å². The number of halogens is 2. The van der Waals surface area contributed by atoms with Crippen LogP contribution in [0.1, 0.15) is 6.42 Å². The standard InChI is InChI=1S/C6H13FN2O.ClH/c1-9(2)6(10)3-5(7)4-8;/h5H,3-4,8H2,1-2H3;1H. The summed E-state index contributed by atoms with van der Waals surface area (Å²) in [6, 6.07) is 0. The van der Waals surface area contributed by atoms with Gasteiger partial charge in [-0.2, -0.15) is 0 Å². The second-order valence-electron chi connectivity index (χ2n) is 2.33. The highest BCUT2D eigenvalue weighted by molar-refractivity contribution is 5.85. The first-order valence-corrected chi connectivity index (χ1v) is 3.12. The van der Waals surface area contributed by atoms with Crippen molar-refractivity contribution in [1.29, 1.82) is 0 Å². The summed E-state index contributed by atoms with van der Waals surface area (Å²) in [5.41, 5.74) is 4.97. The van der Waals surface area contributed by atoms with Crippen molar-refractivity contribution in [2.45, 2.75) is 12.6 Å². The molecule has 0 aromatic rings. The Kier molecular flexibility index (Phi) is 7.67. The number of hydrogen-bond acceptors (Lipinski definition) is 2. The van der Waals surface area contributed by atoms with Gasteiger partial charge in [0, 0.05) is 20.6 Å². The second-order valence-corrected chi connectivity index (χ2v) is 2.33. The van der Waals surface area contributed by atoms with Crippen LogP contribution in [0.15, 0.2) is 0 Å². The smallest absolute Gasteiger partial charge is 0.225 e. The normalized spacial score (nSPS) is 11.6. The summed E-state index contributed by atoms with van der Waals surface area (Å²) in [5, 5.41) is 0. The predicted octanol–water partition coefficient (Wildman–Crippen LogP) is 0.183. The van der Waals surface area contributed by atoms with Crippen molar-refractivity contribution in [3.8, 4) is 0 Å². The predicted molar refractivity (Wildman–Crippen MR) is 44.5 cm³/mol. The van der Waals surface area contributed by atoms with Gasteiger partial charge in [-0.05, 0) is 0 Å². The molecular formula is C6H14ClFN2O. The fourth-order valence-electron chi connectivity index (χ4n) is 0.455. The van der Waals surface area contributed by atoms with E-state index in [0.29, 0.717) is 0 Å². The molecule has 11 heavy (non-hydrogen) atoms. The molecule has 0 aromatic heterocycles. The molecule has 1 unspecified atom stereocenters. The SMILES string of the molecule is CN(C)C(=O)CC(F)CN.Cl. The Bertz CT molecular complexity index is 121. The maximum absolute atomic E-state index is 12.4. The van der Waals surface area contributed by atoms with E-state index in [1.807, 2.05) is 0 Å². The van der Waals surface area contributed by atoms with Crippen LogP contribution >= 0.6 is 12.4 Å². The monoisotopic (exact) mass is 184 g/mol. The molecule has 1 atom stereocenters. The fourth-order valence-corrected chi connectivity index (χ4v) is 0.455. The van der Waals surface area contributed by atoms with Crippen LogP contribution in [0.4, 0.5) is 4.39 Å². The van der Waals surface area contributed by atoms with Gasteiger partial charge in [0.2, 0.25) is 5.91 Å². The zero-order valence-corrected chi connectivity index (χ0v) is 7.53. The van der Waals surface area contributed by atoms with Gasteiger partial charge in [-0.15, -0.1) is 12.4 Å². The Balaban J connectivity index is 0. The zero-order chi connectivity index (χ0) is 8.15. The summed E-state index contributed by atoms with van der Waals surface area (Å²) in [6.07, 6.45) is -1.31. The van der Waals surface area contributed by atoms with Gasteiger partial charge in [0.25, 0.3) is 0 Å². The van der Waals surface area contributed by atoms with Crippen molar-refractivity contribution < 1.29 is 9.18 Å². The Morgan fingerprint density at radius 1 is 1.64 bits per heavy atom. The molecule has 68 valence electrons. The molecular weight excluding hydrogens is 171 g/mol. The van der Waals surface area contributed by atoms with Gasteiger partial charge in [0.15, 0.2) is 0 Å². The van der Waals surface area contributed by atoms with E-state index in [-0.39, 0.29) is 31.3 Å². The Morgan fingerprint density at radius 2 is 2.09 bits per heavy atom. The molecule has 2 N–H and O–H groups in total. The lowest BCUT2D eigenvalue weighted by Gasteiger charge is -2.10. The molecule has 0 fully saturated rings. The number of rotatable bonds is 3. The number of amides is 1. The third-order valence-corrected chi connectivity index (χ3v) is 1.15. The lowest BCUT2D eigenvalue weighted by Crippen LogP contribution is -2.27. The minimum atomic E-state index is -1.20. The van der Waals surface area contributed by atoms with E-state index in [1.54, 1.807) is 14.1 Å². The summed E-state index contributed by atoms with van der Waals surface area (Å²) >= 11 is 0. The molecule has 0 bridgehead atoms. The summed E-state index contributed by atoms with van der Waals surface area (Å²) in [7, 11) is 3.18. The average molecular weight is 185 g/mol. The van der Waals surface area contributed by atoms with Crippen molar-refractivity contribution in [2.24, 2.45) is 5.73 Å². The largest absolute Gasteiger partial charge is 0.349 e. The van der Waals surface area contributed by atoms with Crippen molar-refractivity contribution >= 4 is 18.3 Å². The van der Waals surface area contributed by atoms with Crippen LogP contribution in [0.3, 0.4) is 0 Å². The molecule has 0 saturated heterocycles. The Labute approximate surface area is 72.1 Å². The first kappa shape index (κ1) is 13.3. The lowest BCUT2D eigenvalue weighted by atomic mass is 10.2. The summed E-state index contributed by atoms with van der Waals surface area (Å²) in [4.78, 5) is 12.1. The van der Waals surface area contributed by atoms with Crippen molar-refractivity contribution in [3.05, 3.63) is 0 Å². The maximum atomic E-state index is 12.4. The number of hydrogen-bond donors (Lipinski definition) is 1. The second kappa shape index (κ2) is 6.37. The van der Waals surface area contributed by atoms with E-state index in [0.717, 1.165) is 0 Å². The van der Waals surface area contributed by atoms with Gasteiger partial charge in [0.05, 0.1) is 6.42 Å². The first-order chi connectivity index (χ1) is 4.57. The number of alkyl halides is 1. The Hall–Kier alpha value is -0.350. The highest BCUT2D eigenvalue weighted by Gasteiger charge is 2.11. The van der Waals surface area contributed by atoms with Crippen LogP contribution in [0.2, 0.25) is 0 Å². The van der Waals surface area contributed by atoms with E-state index in [9.17, 15) is 9.18 Å². The molecule has 0 spiro atoms. The number of carbonyl (C=O) groups is 1. The van der Waals surface area contributed by atoms with Gasteiger partial charge in [0.1, 0.15) is 6.17 Å². The number of nitrogens with zero attached hydrogens (tertiary/aromatic N) is 1. The van der Waals surface area contributed by atoms with Gasteiger partial charge in [-0.25, -0.2) is 4.39 Å². The van der Waals surface area contributed by atoms with Crippen LogP contribution in [0, 0.1) is 0 Å². The van der Waals surface area contributed by atoms with Crippen LogP contribution < -0.4 is 5.73 Å². The van der Waals surface area contributed by atoms with E-state index in [1.165, 1.54) is 4.90 Å². The molecule has 0 saturated carbocycles. The van der Waals surface area contributed by atoms with E-state index >= 15 is 0 Å². The average Bonchev–Trinajstić information content (AvgIpc) is 1.87. The zero-order valence-electron chi connectivity index (χ0n) is 6.71. The summed E-state index contributed by atoms with van der Waals surface area (Å²) in [5.74, 6) is -0.224. The number of carbonyl (C=O) groups excluding carboxylic acids is 1. The van der Waals surface area contributed by atoms with Crippen LogP contribution in [-0.4, -0.2) is 37.6 Å². The minimum Gasteiger partial charge on any atom is -0.349 e. The van der Waals surface area contributed by atoms with E-state index < -0.39 is 6.17 Å². The summed E-state index contributed by atoms with van der Waals surface area (Å²) < 4.78 is 12.4. The summed E-state index contributed by atoms with van der Waals surface area (Å²) in [6.45, 7) is -0.0837. The molecule has 0 aliphatic carbocycles. The van der Waals surface area contributed by atoms with Gasteiger partial charge in [-0.1, -0.05) is 0 Å². The molecule has 0 aliphatic heterocycles. The fraction of sp³-hybridized carbons (Fsp3) is 0.833. The highest BCUT2D eigenvalue weighted by Crippen LogP contribution is 1.97. The molecule has 3 nitrogen and oxygen atoms in total. The first-order valence-electron chi connectivity index (χ1n) is 3.12. The van der Waals surface area contributed by atoms with Crippen molar-refractivity contribution in [2.75, 3.05) is 20.6 Å². The lowest BCUT2D eigenvalue weighted by molar-refractivity contribution is -0.129. The van der Waals surface area contributed by atoms with Crippen molar-refractivity contribution in [1.82, 2.24) is 4.90 Å². The minimum absolute atomic E-state index is 0. The molecule has 0 heterocycles. The third-order valence-electron chi connectivity index (χ3n) is 1.15. The van der Waals surface area contributed by atoms with E-state index in [2.05, 4.69) is 0 Å². The van der Waals surface area contributed by atoms with Gasteiger partial charge in [-0.3, -0.25) is 4.79 Å². The molecule has 0 rings (SSSR count). The highest BCUT2D eigenvalue weighted by atomic mass is 35.5. The maximum Gasteiger partial charge on any atom is 0.225 e. The van der Waals surface area contributed by atoms with Gasteiger partial charge >= 0.3 is 0 Å². The molecule has 0 aliphatic rings. The Morgan fingerprint density at radius 3 is 2.36 bits per heavy atom. The van der Waals surface area contributed by atoms with Crippen LogP contribution in [-0.2, 0) is 4.79 Å². The molecule has 1 amide bonds. The van der Waals surface area contributed by atoms with Crippen molar-refractivity contribution in [3.63, 3.8) is 0 Å². The van der Waals surface area contributed by atoms with Crippen LogP contribution in [0.25, 0.3) is 0 Å². The van der Waals surface area contributed by atoms with E-state index in [4.69, 9.17) is 5.73 Å². The third kappa shape index (κ3) is 6.06. The quantitative estimate of drug-likeness (QED) is 0.681. The van der Waals surface area contributed by atoms with Crippen LogP contribution in [0.5, 0.6) is 0 Å². The van der Waals surface area contributed by atoms with Gasteiger partial charge < -0.3 is 10.6 Å².